The Kier molecular flexibility index (Phi) is 5.19. The first-order valence-electron chi connectivity index (χ1n) is 7.30. The SMILES string of the molecule is COC[C@@H](O)CN1CCC[C@H]1CN(C(C)=O)C1CC1. The number of aliphatic hydroxyl groups is 1. The van der Waals surface area contributed by atoms with Crippen LogP contribution in [0.3, 0.4) is 0 Å². The maximum atomic E-state index is 11.7. The van der Waals surface area contributed by atoms with Crippen LogP contribution in [0.15, 0.2) is 0 Å². The van der Waals surface area contributed by atoms with Gasteiger partial charge in [0.25, 0.3) is 0 Å². The summed E-state index contributed by atoms with van der Waals surface area (Å²) in [6.07, 6.45) is 4.14. The van der Waals surface area contributed by atoms with Crippen molar-refractivity contribution in [1.29, 1.82) is 0 Å². The van der Waals surface area contributed by atoms with Crippen molar-refractivity contribution in [3.8, 4) is 0 Å². The van der Waals surface area contributed by atoms with Gasteiger partial charge in [0.05, 0.1) is 12.7 Å². The average Bonchev–Trinajstić information content (AvgIpc) is 3.09. The maximum Gasteiger partial charge on any atom is 0.219 e. The van der Waals surface area contributed by atoms with Crippen LogP contribution in [0.4, 0.5) is 0 Å². The van der Waals surface area contributed by atoms with Crippen LogP contribution >= 0.6 is 0 Å². The molecular formula is C14H26N2O3. The zero-order valence-corrected chi connectivity index (χ0v) is 12.0. The first kappa shape index (κ1) is 14.8. The van der Waals surface area contributed by atoms with E-state index in [1.54, 1.807) is 14.0 Å². The van der Waals surface area contributed by atoms with E-state index >= 15 is 0 Å². The van der Waals surface area contributed by atoms with Crippen LogP contribution < -0.4 is 0 Å². The van der Waals surface area contributed by atoms with E-state index in [1.807, 2.05) is 4.90 Å². The number of carbonyl (C=O) groups is 1. The van der Waals surface area contributed by atoms with Crippen molar-refractivity contribution >= 4 is 5.91 Å². The van der Waals surface area contributed by atoms with Gasteiger partial charge in [-0.2, -0.15) is 0 Å². The third-order valence-corrected chi connectivity index (χ3v) is 4.10. The van der Waals surface area contributed by atoms with Crippen molar-refractivity contribution in [3.05, 3.63) is 0 Å². The predicted molar refractivity (Wildman–Crippen MR) is 72.9 cm³/mol. The lowest BCUT2D eigenvalue weighted by atomic mass is 10.2. The molecule has 0 unspecified atom stereocenters. The lowest BCUT2D eigenvalue weighted by Gasteiger charge is -2.31. The fraction of sp³-hybridized carbons (Fsp3) is 0.929. The number of nitrogens with zero attached hydrogens (tertiary/aromatic N) is 2. The van der Waals surface area contributed by atoms with Crippen LogP contribution in [0.5, 0.6) is 0 Å². The molecule has 110 valence electrons. The minimum absolute atomic E-state index is 0.187. The van der Waals surface area contributed by atoms with E-state index in [1.165, 1.54) is 0 Å². The molecule has 0 spiro atoms. The highest BCUT2D eigenvalue weighted by molar-refractivity contribution is 5.74. The number of ether oxygens (including phenoxy) is 1. The lowest BCUT2D eigenvalue weighted by Crippen LogP contribution is -2.46. The van der Waals surface area contributed by atoms with E-state index in [-0.39, 0.29) is 5.91 Å². The predicted octanol–water partition coefficient (Wildman–Crippen LogP) is 0.469. The van der Waals surface area contributed by atoms with Gasteiger partial charge >= 0.3 is 0 Å². The molecule has 2 aliphatic rings. The Balaban J connectivity index is 1.85. The molecule has 0 radical (unpaired) electrons. The molecule has 1 N–H and O–H groups in total. The number of likely N-dealkylation sites (tertiary alicyclic amines) is 1. The lowest BCUT2D eigenvalue weighted by molar-refractivity contribution is -0.130. The highest BCUT2D eigenvalue weighted by atomic mass is 16.5. The first-order chi connectivity index (χ1) is 9.11. The zero-order valence-electron chi connectivity index (χ0n) is 12.0. The van der Waals surface area contributed by atoms with Crippen LogP contribution in [0.1, 0.15) is 32.6 Å². The van der Waals surface area contributed by atoms with Gasteiger partial charge in [0, 0.05) is 39.2 Å². The van der Waals surface area contributed by atoms with Crippen molar-refractivity contribution in [1.82, 2.24) is 9.80 Å². The molecule has 2 atom stereocenters. The molecule has 1 saturated carbocycles. The molecule has 5 nitrogen and oxygen atoms in total. The van der Waals surface area contributed by atoms with E-state index in [9.17, 15) is 9.90 Å². The summed E-state index contributed by atoms with van der Waals surface area (Å²) < 4.78 is 4.98. The van der Waals surface area contributed by atoms with Crippen LogP contribution in [0, 0.1) is 0 Å². The fourth-order valence-corrected chi connectivity index (χ4v) is 3.01. The second-order valence-corrected chi connectivity index (χ2v) is 5.80. The van der Waals surface area contributed by atoms with Crippen molar-refractivity contribution in [2.45, 2.75) is 50.8 Å². The maximum absolute atomic E-state index is 11.7. The second-order valence-electron chi connectivity index (χ2n) is 5.80. The normalized spacial score (nSPS) is 25.5. The first-order valence-corrected chi connectivity index (χ1v) is 7.30. The summed E-state index contributed by atoms with van der Waals surface area (Å²) in [6.45, 7) is 4.52. The van der Waals surface area contributed by atoms with Gasteiger partial charge in [0.2, 0.25) is 5.91 Å². The van der Waals surface area contributed by atoms with E-state index in [0.29, 0.717) is 25.2 Å². The van der Waals surface area contributed by atoms with Crippen molar-refractivity contribution < 1.29 is 14.6 Å². The number of β-amino-alcohol motifs (C(OH)–C–C–N with tert-alkyl or cyclic N) is 1. The van der Waals surface area contributed by atoms with Crippen molar-refractivity contribution in [3.63, 3.8) is 0 Å². The van der Waals surface area contributed by atoms with E-state index in [4.69, 9.17) is 4.74 Å². The van der Waals surface area contributed by atoms with Crippen molar-refractivity contribution in [2.75, 3.05) is 33.4 Å². The molecule has 0 aromatic rings. The molecular weight excluding hydrogens is 244 g/mol. The average molecular weight is 270 g/mol. The van der Waals surface area contributed by atoms with E-state index in [2.05, 4.69) is 4.90 Å². The quantitative estimate of drug-likeness (QED) is 0.730. The van der Waals surface area contributed by atoms with Gasteiger partial charge in [-0.3, -0.25) is 9.69 Å². The molecule has 2 rings (SSSR count). The Morgan fingerprint density at radius 1 is 1.47 bits per heavy atom. The number of aliphatic hydroxyl groups excluding tert-OH is 1. The molecule has 19 heavy (non-hydrogen) atoms. The van der Waals surface area contributed by atoms with Crippen LogP contribution in [0.2, 0.25) is 0 Å². The molecule has 5 heteroatoms. The number of hydrogen-bond donors (Lipinski definition) is 1. The molecule has 1 aliphatic heterocycles. The Morgan fingerprint density at radius 3 is 2.79 bits per heavy atom. The number of rotatable bonds is 7. The summed E-state index contributed by atoms with van der Waals surface area (Å²) in [5.74, 6) is 0.187. The highest BCUT2D eigenvalue weighted by Crippen LogP contribution is 2.29. The summed E-state index contributed by atoms with van der Waals surface area (Å²) in [5.41, 5.74) is 0. The summed E-state index contributed by atoms with van der Waals surface area (Å²) in [5, 5.41) is 9.84. The second kappa shape index (κ2) is 6.68. The molecule has 1 heterocycles. The standard InChI is InChI=1S/C14H26N2O3/c1-11(17)16(12-5-6-12)8-13-4-3-7-15(13)9-14(18)10-19-2/h12-14,18H,3-10H2,1-2H3/t13-,14-/m0/s1. The summed E-state index contributed by atoms with van der Waals surface area (Å²) in [6, 6.07) is 0.875. The number of amides is 1. The largest absolute Gasteiger partial charge is 0.389 e. The zero-order chi connectivity index (χ0) is 13.8. The number of methoxy groups -OCH3 is 1. The fourth-order valence-electron chi connectivity index (χ4n) is 3.01. The Bertz CT molecular complexity index is 307. The van der Waals surface area contributed by atoms with Gasteiger partial charge in [-0.15, -0.1) is 0 Å². The summed E-state index contributed by atoms with van der Waals surface area (Å²) in [7, 11) is 1.61. The van der Waals surface area contributed by atoms with Crippen molar-refractivity contribution in [2.24, 2.45) is 0 Å². The van der Waals surface area contributed by atoms with Gasteiger partial charge in [-0.25, -0.2) is 0 Å². The van der Waals surface area contributed by atoms with Crippen LogP contribution in [0.25, 0.3) is 0 Å². The smallest absolute Gasteiger partial charge is 0.219 e. The Morgan fingerprint density at radius 2 is 2.21 bits per heavy atom. The molecule has 1 amide bonds. The summed E-state index contributed by atoms with van der Waals surface area (Å²) >= 11 is 0. The van der Waals surface area contributed by atoms with Crippen LogP contribution in [-0.4, -0.2) is 72.4 Å². The molecule has 1 saturated heterocycles. The Hall–Kier alpha value is -0.650. The Labute approximate surface area is 115 Å². The van der Waals surface area contributed by atoms with Gasteiger partial charge in [0.15, 0.2) is 0 Å². The molecule has 0 aromatic heterocycles. The van der Waals surface area contributed by atoms with Gasteiger partial charge in [0.1, 0.15) is 0 Å². The van der Waals surface area contributed by atoms with Crippen LogP contribution in [-0.2, 0) is 9.53 Å². The van der Waals surface area contributed by atoms with Gasteiger partial charge in [-0.1, -0.05) is 0 Å². The van der Waals surface area contributed by atoms with Gasteiger partial charge < -0.3 is 14.7 Å². The molecule has 0 aromatic carbocycles. The molecule has 2 fully saturated rings. The molecule has 1 aliphatic carbocycles. The van der Waals surface area contributed by atoms with Gasteiger partial charge in [-0.05, 0) is 32.2 Å². The minimum atomic E-state index is -0.433. The third-order valence-electron chi connectivity index (χ3n) is 4.10. The highest BCUT2D eigenvalue weighted by Gasteiger charge is 2.35. The molecule has 0 bridgehead atoms. The third kappa shape index (κ3) is 4.16. The van der Waals surface area contributed by atoms with E-state index < -0.39 is 6.10 Å². The summed E-state index contributed by atoms with van der Waals surface area (Å²) in [4.78, 5) is 16.0. The number of carbonyl (C=O) groups excluding carboxylic acids is 1. The monoisotopic (exact) mass is 270 g/mol. The van der Waals surface area contributed by atoms with E-state index in [0.717, 1.165) is 38.8 Å². The topological polar surface area (TPSA) is 53.0 Å². The minimum Gasteiger partial charge on any atom is -0.389 e. The number of hydrogen-bond acceptors (Lipinski definition) is 4.